The van der Waals surface area contributed by atoms with Crippen molar-refractivity contribution in [1.82, 2.24) is 0 Å². The molecule has 6 heteroatoms. The van der Waals surface area contributed by atoms with Crippen LogP contribution in [0, 0.1) is 11.8 Å². The first kappa shape index (κ1) is 12.8. The zero-order valence-electron chi connectivity index (χ0n) is 11.0. The molecule has 6 nitrogen and oxygen atoms in total. The number of amides is 1. The number of hydrogen-bond acceptors (Lipinski definition) is 5. The van der Waals surface area contributed by atoms with Crippen molar-refractivity contribution in [2.45, 2.75) is 13.3 Å². The summed E-state index contributed by atoms with van der Waals surface area (Å²) < 4.78 is 15.3. The maximum absolute atomic E-state index is 11.7. The van der Waals surface area contributed by atoms with Gasteiger partial charge in [-0.2, -0.15) is 0 Å². The second-order valence-corrected chi connectivity index (χ2v) is 5.04. The van der Waals surface area contributed by atoms with E-state index in [0.29, 0.717) is 23.1 Å². The van der Waals surface area contributed by atoms with Gasteiger partial charge in [0.1, 0.15) is 0 Å². The molecule has 1 aliphatic carbocycles. The van der Waals surface area contributed by atoms with Gasteiger partial charge in [0.2, 0.25) is 6.79 Å². The third-order valence-electron chi connectivity index (χ3n) is 3.41. The highest BCUT2D eigenvalue weighted by atomic mass is 16.7. The molecular formula is C14H15NO5. The molecule has 1 amide bonds. The molecule has 106 valence electrons. The summed E-state index contributed by atoms with van der Waals surface area (Å²) in [6, 6.07) is 5.09. The number of esters is 1. The fraction of sp³-hybridized carbons (Fsp3) is 0.429. The lowest BCUT2D eigenvalue weighted by Crippen LogP contribution is -2.21. The van der Waals surface area contributed by atoms with E-state index in [1.165, 1.54) is 0 Å². The maximum Gasteiger partial charge on any atom is 0.309 e. The van der Waals surface area contributed by atoms with Crippen molar-refractivity contribution in [1.29, 1.82) is 0 Å². The summed E-state index contributed by atoms with van der Waals surface area (Å²) in [5, 5.41) is 2.65. The SMILES string of the molecule is C[C@@H]1C[C@@H]1C(=O)OCC(=O)Nc1ccc2c(c1)OCO2. The Morgan fingerprint density at radius 3 is 2.85 bits per heavy atom. The van der Waals surface area contributed by atoms with E-state index < -0.39 is 0 Å². The van der Waals surface area contributed by atoms with Gasteiger partial charge in [0.05, 0.1) is 5.92 Å². The third kappa shape index (κ3) is 2.68. The van der Waals surface area contributed by atoms with Crippen molar-refractivity contribution in [2.24, 2.45) is 11.8 Å². The van der Waals surface area contributed by atoms with Crippen molar-refractivity contribution in [3.63, 3.8) is 0 Å². The van der Waals surface area contributed by atoms with Crippen molar-refractivity contribution in [3.05, 3.63) is 18.2 Å². The van der Waals surface area contributed by atoms with Gasteiger partial charge in [-0.25, -0.2) is 0 Å². The average Bonchev–Trinajstić information content (AvgIpc) is 2.98. The van der Waals surface area contributed by atoms with Crippen LogP contribution < -0.4 is 14.8 Å². The number of fused-ring (bicyclic) bond motifs is 1. The molecule has 0 bridgehead atoms. The second kappa shape index (κ2) is 5.03. The zero-order valence-corrected chi connectivity index (χ0v) is 11.0. The van der Waals surface area contributed by atoms with E-state index in [-0.39, 0.29) is 31.2 Å². The Bertz CT molecular complexity index is 556. The molecule has 1 heterocycles. The van der Waals surface area contributed by atoms with E-state index in [4.69, 9.17) is 14.2 Å². The summed E-state index contributed by atoms with van der Waals surface area (Å²) >= 11 is 0. The minimum atomic E-state index is -0.370. The average molecular weight is 277 g/mol. The minimum Gasteiger partial charge on any atom is -0.455 e. The Balaban J connectivity index is 1.50. The van der Waals surface area contributed by atoms with E-state index in [1.54, 1.807) is 18.2 Å². The van der Waals surface area contributed by atoms with Crippen molar-refractivity contribution in [2.75, 3.05) is 18.7 Å². The third-order valence-corrected chi connectivity index (χ3v) is 3.41. The fourth-order valence-electron chi connectivity index (χ4n) is 2.07. The van der Waals surface area contributed by atoms with E-state index in [1.807, 2.05) is 6.92 Å². The highest BCUT2D eigenvalue weighted by Crippen LogP contribution is 2.38. The number of ether oxygens (including phenoxy) is 3. The molecule has 1 fully saturated rings. The van der Waals surface area contributed by atoms with Crippen LogP contribution in [0.1, 0.15) is 13.3 Å². The Kier molecular flexibility index (Phi) is 3.22. The van der Waals surface area contributed by atoms with Crippen molar-refractivity contribution < 1.29 is 23.8 Å². The van der Waals surface area contributed by atoms with Crippen LogP contribution >= 0.6 is 0 Å². The highest BCUT2D eigenvalue weighted by Gasteiger charge is 2.40. The Morgan fingerprint density at radius 1 is 1.35 bits per heavy atom. The minimum absolute atomic E-state index is 0.0339. The normalized spacial score (nSPS) is 22.2. The van der Waals surface area contributed by atoms with Crippen LogP contribution in [0.5, 0.6) is 11.5 Å². The first-order valence-electron chi connectivity index (χ1n) is 6.49. The Morgan fingerprint density at radius 2 is 2.10 bits per heavy atom. The van der Waals surface area contributed by atoms with Gasteiger partial charge in [0.25, 0.3) is 5.91 Å². The van der Waals surface area contributed by atoms with Crippen LogP contribution in [0.25, 0.3) is 0 Å². The second-order valence-electron chi connectivity index (χ2n) is 5.04. The fourth-order valence-corrected chi connectivity index (χ4v) is 2.07. The molecule has 1 aromatic rings. The summed E-state index contributed by atoms with van der Waals surface area (Å²) in [6.07, 6.45) is 0.850. The van der Waals surface area contributed by atoms with Crippen molar-refractivity contribution in [3.8, 4) is 11.5 Å². The van der Waals surface area contributed by atoms with Crippen LogP contribution in [0.2, 0.25) is 0 Å². The van der Waals surface area contributed by atoms with Gasteiger partial charge in [0, 0.05) is 11.8 Å². The molecule has 0 aromatic heterocycles. The Labute approximate surface area is 116 Å². The smallest absolute Gasteiger partial charge is 0.309 e. The monoisotopic (exact) mass is 277 g/mol. The molecule has 1 saturated carbocycles. The van der Waals surface area contributed by atoms with Crippen LogP contribution in [0.3, 0.4) is 0 Å². The number of benzene rings is 1. The first-order valence-corrected chi connectivity index (χ1v) is 6.49. The van der Waals surface area contributed by atoms with Gasteiger partial charge in [0.15, 0.2) is 18.1 Å². The largest absolute Gasteiger partial charge is 0.455 e. The zero-order chi connectivity index (χ0) is 14.1. The van der Waals surface area contributed by atoms with Crippen LogP contribution in [-0.4, -0.2) is 25.3 Å². The molecule has 1 aliphatic heterocycles. The Hall–Kier alpha value is -2.24. The van der Waals surface area contributed by atoms with Crippen molar-refractivity contribution >= 4 is 17.6 Å². The van der Waals surface area contributed by atoms with E-state index in [9.17, 15) is 9.59 Å². The molecule has 2 aliphatic rings. The molecule has 0 saturated heterocycles. The summed E-state index contributed by atoms with van der Waals surface area (Å²) in [4.78, 5) is 23.2. The van der Waals surface area contributed by atoms with Gasteiger partial charge in [-0.15, -0.1) is 0 Å². The number of rotatable bonds is 4. The van der Waals surface area contributed by atoms with E-state index in [2.05, 4.69) is 5.32 Å². The standard InChI is InChI=1S/C14H15NO5/c1-8-4-10(8)14(17)18-6-13(16)15-9-2-3-11-12(5-9)20-7-19-11/h2-3,5,8,10H,4,6-7H2,1H3,(H,15,16)/t8-,10+/m1/s1. The lowest BCUT2D eigenvalue weighted by molar-refractivity contribution is -0.148. The first-order chi connectivity index (χ1) is 9.63. The number of carbonyl (C=O) groups is 2. The lowest BCUT2D eigenvalue weighted by atomic mass is 10.3. The molecule has 1 N–H and O–H groups in total. The summed E-state index contributed by atoms with van der Waals surface area (Å²) in [6.45, 7) is 1.90. The molecule has 2 atom stereocenters. The van der Waals surface area contributed by atoms with Gasteiger partial charge in [-0.1, -0.05) is 6.92 Å². The molecule has 20 heavy (non-hydrogen) atoms. The van der Waals surface area contributed by atoms with Gasteiger partial charge < -0.3 is 19.5 Å². The van der Waals surface area contributed by atoms with Crippen LogP contribution in [-0.2, 0) is 14.3 Å². The van der Waals surface area contributed by atoms with E-state index >= 15 is 0 Å². The van der Waals surface area contributed by atoms with E-state index in [0.717, 1.165) is 6.42 Å². The molecule has 0 spiro atoms. The molecule has 3 rings (SSSR count). The number of anilines is 1. The highest BCUT2D eigenvalue weighted by molar-refractivity contribution is 5.93. The summed E-state index contributed by atoms with van der Waals surface area (Å²) in [7, 11) is 0. The lowest BCUT2D eigenvalue weighted by Gasteiger charge is -2.07. The van der Waals surface area contributed by atoms with Crippen LogP contribution in [0.15, 0.2) is 18.2 Å². The quantitative estimate of drug-likeness (QED) is 0.845. The summed E-state index contributed by atoms with van der Waals surface area (Å²) in [5.74, 6) is 0.917. The number of nitrogens with one attached hydrogen (secondary N) is 1. The topological polar surface area (TPSA) is 73.9 Å². The molecular weight excluding hydrogens is 262 g/mol. The number of hydrogen-bond donors (Lipinski definition) is 1. The molecule has 1 aromatic carbocycles. The number of carbonyl (C=O) groups excluding carboxylic acids is 2. The van der Waals surface area contributed by atoms with Gasteiger partial charge in [-0.3, -0.25) is 9.59 Å². The summed E-state index contributed by atoms with van der Waals surface area (Å²) in [5.41, 5.74) is 0.579. The van der Waals surface area contributed by atoms with Gasteiger partial charge >= 0.3 is 5.97 Å². The predicted octanol–water partition coefficient (Wildman–Crippen LogP) is 1.55. The molecule has 0 unspecified atom stereocenters. The molecule has 0 radical (unpaired) electrons. The maximum atomic E-state index is 11.7. The van der Waals surface area contributed by atoms with Gasteiger partial charge in [-0.05, 0) is 24.5 Å². The predicted molar refractivity (Wildman–Crippen MR) is 69.4 cm³/mol. The van der Waals surface area contributed by atoms with Crippen LogP contribution in [0.4, 0.5) is 5.69 Å².